The first-order valence-corrected chi connectivity index (χ1v) is 22.4. The van der Waals surface area contributed by atoms with Crippen molar-refractivity contribution >= 4 is 0 Å². The fraction of sp³-hybridized carbons (Fsp3) is 1.00. The highest BCUT2D eigenvalue weighted by Gasteiger charge is 2.36. The second-order valence-electron chi connectivity index (χ2n) is 18.3. The molecule has 51 heavy (non-hydrogen) atoms. The minimum atomic E-state index is 0. The quantitative estimate of drug-likeness (QED) is 0.0649. The van der Waals surface area contributed by atoms with Crippen molar-refractivity contribution in [1.82, 2.24) is 0 Å². The van der Waals surface area contributed by atoms with E-state index in [9.17, 15) is 0 Å². The molecule has 0 aliphatic heterocycles. The molecule has 3 unspecified atom stereocenters. The van der Waals surface area contributed by atoms with E-state index < -0.39 is 0 Å². The molecule has 0 N–H and O–H groups in total. The Hall–Kier alpha value is 1.32. The summed E-state index contributed by atoms with van der Waals surface area (Å²) < 4.78 is 3.62. The van der Waals surface area contributed by atoms with E-state index >= 15 is 0 Å². The van der Waals surface area contributed by atoms with Crippen LogP contribution in [-0.4, -0.2) is 93.0 Å². The molecule has 0 spiro atoms. The van der Waals surface area contributed by atoms with Crippen molar-refractivity contribution < 1.29 is 64.4 Å². The molecule has 0 rings (SSSR count). The minimum Gasteiger partial charge on any atom is -1.00 e. The van der Waals surface area contributed by atoms with Crippen LogP contribution in [0.4, 0.5) is 0 Å². The van der Waals surface area contributed by atoms with E-state index in [1.807, 2.05) is 0 Å². The summed E-state index contributed by atoms with van der Waals surface area (Å²) in [5, 5.41) is 0. The Morgan fingerprint density at radius 3 is 0.765 bits per heavy atom. The number of quaternary nitrogens is 3. The zero-order valence-corrected chi connectivity index (χ0v) is 41.9. The van der Waals surface area contributed by atoms with Crippen molar-refractivity contribution in [3.05, 3.63) is 0 Å². The van der Waals surface area contributed by atoms with Crippen molar-refractivity contribution in [2.45, 2.75) is 233 Å². The molecular formula is C45H98Br3N3. The van der Waals surface area contributed by atoms with Gasteiger partial charge in [0.15, 0.2) is 0 Å². The SMILES string of the molecule is CCCCCCCCCCC(C)[N+](C)(C)CC[N+](C)(CC[N+](C)(C)C(C)CCCCCCCCCC)C(C)CCCCCCCCCC.[Br-].[Br-].[Br-]. The first kappa shape index (κ1) is 59.0. The Kier molecular flexibility index (Phi) is 42.7. The molecule has 0 aromatic heterocycles. The zero-order chi connectivity index (χ0) is 36.2. The monoisotopic (exact) mass is 918 g/mol. The maximum Gasteiger partial charge on any atom is 0.129 e. The first-order valence-electron chi connectivity index (χ1n) is 22.4. The fourth-order valence-corrected chi connectivity index (χ4v) is 7.70. The largest absolute Gasteiger partial charge is 1.00 e. The molecule has 0 saturated heterocycles. The van der Waals surface area contributed by atoms with E-state index in [1.54, 1.807) is 0 Å². The van der Waals surface area contributed by atoms with E-state index in [2.05, 4.69) is 76.8 Å². The molecule has 0 aliphatic rings. The number of hydrogen-bond acceptors (Lipinski definition) is 0. The van der Waals surface area contributed by atoms with Gasteiger partial charge in [0.2, 0.25) is 0 Å². The Labute approximate surface area is 356 Å². The lowest BCUT2D eigenvalue weighted by Crippen LogP contribution is -3.00. The van der Waals surface area contributed by atoms with Crippen LogP contribution in [0.5, 0.6) is 0 Å². The van der Waals surface area contributed by atoms with Gasteiger partial charge >= 0.3 is 0 Å². The van der Waals surface area contributed by atoms with Crippen molar-refractivity contribution in [1.29, 1.82) is 0 Å². The van der Waals surface area contributed by atoms with Crippen LogP contribution >= 0.6 is 0 Å². The van der Waals surface area contributed by atoms with Gasteiger partial charge in [-0.25, -0.2) is 0 Å². The normalized spacial score (nSPS) is 14.9. The van der Waals surface area contributed by atoms with Gasteiger partial charge in [0, 0.05) is 0 Å². The highest BCUT2D eigenvalue weighted by molar-refractivity contribution is 4.60. The average Bonchev–Trinajstić information content (AvgIpc) is 3.06. The summed E-state index contributed by atoms with van der Waals surface area (Å²) in [5.41, 5.74) is 0. The summed E-state index contributed by atoms with van der Waals surface area (Å²) in [6.07, 6.45) is 38.4. The van der Waals surface area contributed by atoms with Gasteiger partial charge in [-0.3, -0.25) is 0 Å². The van der Waals surface area contributed by atoms with Crippen LogP contribution in [0.3, 0.4) is 0 Å². The predicted octanol–water partition coefficient (Wildman–Crippen LogP) is 4.36. The smallest absolute Gasteiger partial charge is 0.129 e. The molecular weight excluding hydrogens is 822 g/mol. The Morgan fingerprint density at radius 1 is 0.294 bits per heavy atom. The van der Waals surface area contributed by atoms with Gasteiger partial charge in [-0.2, -0.15) is 0 Å². The highest BCUT2D eigenvalue weighted by Crippen LogP contribution is 2.24. The lowest BCUT2D eigenvalue weighted by molar-refractivity contribution is -0.997. The molecule has 6 heteroatoms. The molecule has 314 valence electrons. The summed E-state index contributed by atoms with van der Waals surface area (Å²) >= 11 is 0. The summed E-state index contributed by atoms with van der Waals surface area (Å²) in [7, 11) is 12.8. The minimum absolute atomic E-state index is 0. The van der Waals surface area contributed by atoms with E-state index in [0.29, 0.717) is 0 Å². The van der Waals surface area contributed by atoms with Gasteiger partial charge < -0.3 is 64.4 Å². The van der Waals surface area contributed by atoms with Gasteiger partial charge in [-0.05, 0) is 59.3 Å². The number of halogens is 3. The van der Waals surface area contributed by atoms with Crippen LogP contribution in [0, 0.1) is 0 Å². The summed E-state index contributed by atoms with van der Waals surface area (Å²) in [4.78, 5) is 0. The topological polar surface area (TPSA) is 0 Å². The van der Waals surface area contributed by atoms with E-state index in [1.165, 1.54) is 213 Å². The predicted molar refractivity (Wildman–Crippen MR) is 220 cm³/mol. The van der Waals surface area contributed by atoms with Gasteiger partial charge in [0.25, 0.3) is 0 Å². The third-order valence-electron chi connectivity index (χ3n) is 13.3. The Balaban J connectivity index is -0.00000368. The molecule has 0 heterocycles. The molecule has 3 atom stereocenters. The number of unbranched alkanes of at least 4 members (excludes halogenated alkanes) is 21. The summed E-state index contributed by atoms with van der Waals surface area (Å²) in [6.45, 7) is 19.9. The first-order chi connectivity index (χ1) is 22.9. The van der Waals surface area contributed by atoms with Crippen molar-refractivity contribution in [2.75, 3.05) is 61.4 Å². The van der Waals surface area contributed by atoms with Gasteiger partial charge in [0.05, 0.1) is 53.4 Å². The molecule has 0 saturated carbocycles. The van der Waals surface area contributed by atoms with E-state index in [4.69, 9.17) is 0 Å². The number of hydrogen-bond donors (Lipinski definition) is 0. The van der Waals surface area contributed by atoms with Crippen molar-refractivity contribution in [2.24, 2.45) is 0 Å². The van der Waals surface area contributed by atoms with Crippen molar-refractivity contribution in [3.8, 4) is 0 Å². The number of likely N-dealkylation sites (N-methyl/N-ethyl adjacent to an activating group) is 3. The lowest BCUT2D eigenvalue weighted by atomic mass is 10.0. The molecule has 0 bridgehead atoms. The van der Waals surface area contributed by atoms with E-state index in [0.717, 1.165) is 18.1 Å². The maximum absolute atomic E-state index is 2.64. The Morgan fingerprint density at radius 2 is 0.510 bits per heavy atom. The Bertz CT molecular complexity index is 660. The van der Waals surface area contributed by atoms with Crippen molar-refractivity contribution in [3.63, 3.8) is 0 Å². The van der Waals surface area contributed by atoms with Gasteiger partial charge in [0.1, 0.15) is 26.2 Å². The average molecular weight is 921 g/mol. The number of nitrogens with zero attached hydrogens (tertiary/aromatic N) is 3. The van der Waals surface area contributed by atoms with Crippen LogP contribution in [0.2, 0.25) is 0 Å². The van der Waals surface area contributed by atoms with Crippen LogP contribution in [0.1, 0.15) is 215 Å². The molecule has 3 nitrogen and oxygen atoms in total. The molecule has 0 amide bonds. The zero-order valence-electron chi connectivity index (χ0n) is 37.1. The van der Waals surface area contributed by atoms with Gasteiger partial charge in [-0.15, -0.1) is 0 Å². The molecule has 0 aliphatic carbocycles. The standard InChI is InChI=1S/C45H98N3.3BrH/c1-12-15-18-21-24-27-30-33-36-43(4)46(7,8)39-41-48(11,45(6)38-35-32-29-26-23-20-17-14-3)42-40-47(9,10)44(5)37-34-31-28-25-22-19-16-13-2;;;/h43-45H,12-42H2,1-11H3;3*1H/q+3;;;/p-3. The van der Waals surface area contributed by atoms with Crippen LogP contribution < -0.4 is 50.9 Å². The molecule has 0 fully saturated rings. The fourth-order valence-electron chi connectivity index (χ4n) is 7.70. The third-order valence-corrected chi connectivity index (χ3v) is 13.3. The van der Waals surface area contributed by atoms with Crippen LogP contribution in [-0.2, 0) is 0 Å². The molecule has 0 aromatic carbocycles. The second kappa shape index (κ2) is 36.9. The third kappa shape index (κ3) is 31.1. The van der Waals surface area contributed by atoms with E-state index in [-0.39, 0.29) is 50.9 Å². The lowest BCUT2D eigenvalue weighted by Gasteiger charge is -2.46. The summed E-state index contributed by atoms with van der Waals surface area (Å²) in [6, 6.07) is 2.25. The summed E-state index contributed by atoms with van der Waals surface area (Å²) in [5.74, 6) is 0. The number of rotatable bonds is 36. The maximum atomic E-state index is 2.64. The molecule has 0 radical (unpaired) electrons. The molecule has 0 aromatic rings. The highest BCUT2D eigenvalue weighted by atomic mass is 79.9. The second-order valence-corrected chi connectivity index (χ2v) is 18.3. The van der Waals surface area contributed by atoms with Gasteiger partial charge in [-0.1, -0.05) is 156 Å². The van der Waals surface area contributed by atoms with Crippen LogP contribution in [0.25, 0.3) is 0 Å². The van der Waals surface area contributed by atoms with Crippen LogP contribution in [0.15, 0.2) is 0 Å².